The molecule has 0 rings (SSSR count). The van der Waals surface area contributed by atoms with Crippen LogP contribution in [0.15, 0.2) is 0 Å². The number of unbranched alkanes of at least 4 members (excludes halogenated alkanes) is 11. The summed E-state index contributed by atoms with van der Waals surface area (Å²) >= 11 is 4.41. The standard InChI is InChI=1S/C18H38S/c1-3-5-6-7-8-9-10-11-12-13-14-15-16-18(4-2)17-19/h18-19H,3-17H2,1-2H3. The molecule has 0 aromatic rings. The van der Waals surface area contributed by atoms with Crippen LogP contribution in [-0.4, -0.2) is 5.75 Å². The Hall–Kier alpha value is 0.350. The van der Waals surface area contributed by atoms with Gasteiger partial charge in [0.1, 0.15) is 0 Å². The van der Waals surface area contributed by atoms with Gasteiger partial charge in [-0.15, -0.1) is 0 Å². The van der Waals surface area contributed by atoms with Crippen molar-refractivity contribution >= 4 is 12.6 Å². The van der Waals surface area contributed by atoms with E-state index in [4.69, 9.17) is 0 Å². The summed E-state index contributed by atoms with van der Waals surface area (Å²) in [4.78, 5) is 0. The molecule has 116 valence electrons. The summed E-state index contributed by atoms with van der Waals surface area (Å²) in [5.74, 6) is 1.94. The number of rotatable bonds is 15. The second kappa shape index (κ2) is 16.4. The first-order valence-corrected chi connectivity index (χ1v) is 9.59. The lowest BCUT2D eigenvalue weighted by Crippen LogP contribution is -1.99. The van der Waals surface area contributed by atoms with E-state index in [0.717, 1.165) is 11.7 Å². The van der Waals surface area contributed by atoms with Crippen LogP contribution in [0.1, 0.15) is 104 Å². The number of hydrogen-bond donors (Lipinski definition) is 1. The average molecular weight is 287 g/mol. The van der Waals surface area contributed by atoms with E-state index in [9.17, 15) is 0 Å². The van der Waals surface area contributed by atoms with Gasteiger partial charge < -0.3 is 0 Å². The maximum Gasteiger partial charge on any atom is -0.00696 e. The van der Waals surface area contributed by atoms with E-state index >= 15 is 0 Å². The SMILES string of the molecule is CCCCCCCCCCCCCCC(CC)CS. The van der Waals surface area contributed by atoms with Gasteiger partial charge in [0.05, 0.1) is 0 Å². The van der Waals surface area contributed by atoms with Gasteiger partial charge in [-0.2, -0.15) is 12.6 Å². The van der Waals surface area contributed by atoms with Crippen LogP contribution in [0, 0.1) is 5.92 Å². The molecule has 1 unspecified atom stereocenters. The first-order valence-electron chi connectivity index (χ1n) is 8.96. The van der Waals surface area contributed by atoms with Gasteiger partial charge in [-0.05, 0) is 18.1 Å². The minimum atomic E-state index is 0.867. The molecule has 0 radical (unpaired) electrons. The van der Waals surface area contributed by atoms with Crippen LogP contribution in [0.25, 0.3) is 0 Å². The van der Waals surface area contributed by atoms with E-state index in [2.05, 4.69) is 26.5 Å². The Bertz CT molecular complexity index is 152. The Morgan fingerprint density at radius 2 is 1.05 bits per heavy atom. The molecular formula is C18H38S. The van der Waals surface area contributed by atoms with Gasteiger partial charge in [0, 0.05) is 0 Å². The molecule has 0 N–H and O–H groups in total. The molecule has 1 heteroatoms. The molecule has 0 aromatic carbocycles. The van der Waals surface area contributed by atoms with Crippen molar-refractivity contribution in [2.24, 2.45) is 5.92 Å². The molecular weight excluding hydrogens is 248 g/mol. The van der Waals surface area contributed by atoms with Crippen molar-refractivity contribution in [3.8, 4) is 0 Å². The molecule has 0 saturated heterocycles. The molecule has 0 saturated carbocycles. The zero-order valence-electron chi connectivity index (χ0n) is 13.6. The van der Waals surface area contributed by atoms with Gasteiger partial charge >= 0.3 is 0 Å². The molecule has 0 heterocycles. The first-order chi connectivity index (χ1) is 9.35. The van der Waals surface area contributed by atoms with E-state index in [1.54, 1.807) is 0 Å². The molecule has 0 aliphatic heterocycles. The molecule has 0 aromatic heterocycles. The predicted molar refractivity (Wildman–Crippen MR) is 93.3 cm³/mol. The van der Waals surface area contributed by atoms with Gasteiger partial charge in [0.25, 0.3) is 0 Å². The van der Waals surface area contributed by atoms with Crippen molar-refractivity contribution in [2.75, 3.05) is 5.75 Å². The summed E-state index contributed by atoms with van der Waals surface area (Å²) in [5.41, 5.74) is 0. The maximum absolute atomic E-state index is 4.41. The van der Waals surface area contributed by atoms with Crippen molar-refractivity contribution in [1.29, 1.82) is 0 Å². The molecule has 0 amide bonds. The van der Waals surface area contributed by atoms with Crippen LogP contribution < -0.4 is 0 Å². The predicted octanol–water partition coefficient (Wildman–Crippen LogP) is 7.03. The lowest BCUT2D eigenvalue weighted by Gasteiger charge is -2.10. The fourth-order valence-electron chi connectivity index (χ4n) is 2.70. The molecule has 0 bridgehead atoms. The van der Waals surface area contributed by atoms with E-state index < -0.39 is 0 Å². The average Bonchev–Trinajstić information content (AvgIpc) is 2.44. The second-order valence-electron chi connectivity index (χ2n) is 6.13. The van der Waals surface area contributed by atoms with E-state index in [1.807, 2.05) is 0 Å². The highest BCUT2D eigenvalue weighted by atomic mass is 32.1. The van der Waals surface area contributed by atoms with Crippen LogP contribution in [0.2, 0.25) is 0 Å². The maximum atomic E-state index is 4.41. The van der Waals surface area contributed by atoms with E-state index in [0.29, 0.717) is 0 Å². The normalized spacial score (nSPS) is 12.8. The van der Waals surface area contributed by atoms with Crippen molar-refractivity contribution in [2.45, 2.75) is 104 Å². The Morgan fingerprint density at radius 1 is 0.632 bits per heavy atom. The molecule has 0 spiro atoms. The lowest BCUT2D eigenvalue weighted by molar-refractivity contribution is 0.475. The summed E-state index contributed by atoms with van der Waals surface area (Å²) in [5, 5.41) is 0. The van der Waals surface area contributed by atoms with Crippen LogP contribution in [0.3, 0.4) is 0 Å². The summed E-state index contributed by atoms with van der Waals surface area (Å²) in [6.07, 6.45) is 20.1. The van der Waals surface area contributed by atoms with Crippen LogP contribution in [-0.2, 0) is 0 Å². The summed E-state index contributed by atoms with van der Waals surface area (Å²) < 4.78 is 0. The highest BCUT2D eigenvalue weighted by Crippen LogP contribution is 2.16. The summed E-state index contributed by atoms with van der Waals surface area (Å²) in [6.45, 7) is 4.58. The van der Waals surface area contributed by atoms with E-state index in [1.165, 1.54) is 89.9 Å². The highest BCUT2D eigenvalue weighted by molar-refractivity contribution is 7.80. The Labute approximate surface area is 128 Å². The Morgan fingerprint density at radius 3 is 1.42 bits per heavy atom. The third-order valence-corrected chi connectivity index (χ3v) is 4.82. The molecule has 0 fully saturated rings. The lowest BCUT2D eigenvalue weighted by atomic mass is 9.99. The summed E-state index contributed by atoms with van der Waals surface area (Å²) in [6, 6.07) is 0. The van der Waals surface area contributed by atoms with Crippen molar-refractivity contribution < 1.29 is 0 Å². The molecule has 0 aliphatic carbocycles. The molecule has 19 heavy (non-hydrogen) atoms. The van der Waals surface area contributed by atoms with Gasteiger partial charge in [-0.1, -0.05) is 97.3 Å². The number of hydrogen-bond acceptors (Lipinski definition) is 1. The van der Waals surface area contributed by atoms with Crippen LogP contribution in [0.4, 0.5) is 0 Å². The Balaban J connectivity index is 3.02. The quantitative estimate of drug-likeness (QED) is 0.242. The first kappa shape index (κ1) is 19.4. The van der Waals surface area contributed by atoms with Crippen LogP contribution in [0.5, 0.6) is 0 Å². The van der Waals surface area contributed by atoms with Gasteiger partial charge in [-0.3, -0.25) is 0 Å². The van der Waals surface area contributed by atoms with Crippen molar-refractivity contribution in [3.05, 3.63) is 0 Å². The zero-order valence-corrected chi connectivity index (χ0v) is 14.5. The zero-order chi connectivity index (χ0) is 14.2. The third-order valence-electron chi connectivity index (χ3n) is 4.30. The van der Waals surface area contributed by atoms with Gasteiger partial charge in [-0.25, -0.2) is 0 Å². The minimum absolute atomic E-state index is 0.867. The number of thiol groups is 1. The van der Waals surface area contributed by atoms with Crippen molar-refractivity contribution in [1.82, 2.24) is 0 Å². The fourth-order valence-corrected chi connectivity index (χ4v) is 3.14. The van der Waals surface area contributed by atoms with Gasteiger partial charge in [0.15, 0.2) is 0 Å². The smallest absolute Gasteiger partial charge is 0.00696 e. The molecule has 0 aliphatic rings. The summed E-state index contributed by atoms with van der Waals surface area (Å²) in [7, 11) is 0. The molecule has 0 nitrogen and oxygen atoms in total. The third kappa shape index (κ3) is 14.6. The minimum Gasteiger partial charge on any atom is -0.179 e. The van der Waals surface area contributed by atoms with Crippen molar-refractivity contribution in [3.63, 3.8) is 0 Å². The highest BCUT2D eigenvalue weighted by Gasteiger charge is 2.02. The van der Waals surface area contributed by atoms with Gasteiger partial charge in [0.2, 0.25) is 0 Å². The monoisotopic (exact) mass is 286 g/mol. The second-order valence-corrected chi connectivity index (χ2v) is 6.50. The largest absolute Gasteiger partial charge is 0.179 e. The van der Waals surface area contributed by atoms with Crippen LogP contribution >= 0.6 is 12.6 Å². The van der Waals surface area contributed by atoms with E-state index in [-0.39, 0.29) is 0 Å². The fraction of sp³-hybridized carbons (Fsp3) is 1.00. The Kier molecular flexibility index (Phi) is 16.7. The topological polar surface area (TPSA) is 0 Å². The molecule has 1 atom stereocenters.